The Morgan fingerprint density at radius 1 is 1.17 bits per heavy atom. The van der Waals surface area contributed by atoms with Crippen molar-refractivity contribution < 1.29 is 14.3 Å². The summed E-state index contributed by atoms with van der Waals surface area (Å²) in [6.07, 6.45) is 0.270. The number of amidine groups is 1. The van der Waals surface area contributed by atoms with E-state index in [1.54, 1.807) is 6.92 Å². The molecule has 6 nitrogen and oxygen atoms in total. The maximum atomic E-state index is 12.8. The summed E-state index contributed by atoms with van der Waals surface area (Å²) in [5.41, 5.74) is 2.99. The van der Waals surface area contributed by atoms with E-state index in [0.717, 1.165) is 16.4 Å². The summed E-state index contributed by atoms with van der Waals surface area (Å²) >= 11 is 1.49. The van der Waals surface area contributed by atoms with Crippen molar-refractivity contribution in [1.82, 2.24) is 9.80 Å². The standard InChI is InChI=1S/C22H27N3O3S/c1-5-24(6-2)18(26)13-17-14-29-22-23-15(4)19(21(27)28-7-3)20(25(17)22)16-11-9-8-10-12-16/h8-12,14,20H,5-7,13H2,1-4H3. The lowest BCUT2D eigenvalue weighted by molar-refractivity contribution is -0.139. The van der Waals surface area contributed by atoms with E-state index >= 15 is 0 Å². The van der Waals surface area contributed by atoms with Crippen LogP contribution in [0.1, 0.15) is 45.7 Å². The van der Waals surface area contributed by atoms with Gasteiger partial charge in [-0.1, -0.05) is 42.1 Å². The van der Waals surface area contributed by atoms with Crippen LogP contribution in [0.3, 0.4) is 0 Å². The highest BCUT2D eigenvalue weighted by molar-refractivity contribution is 8.16. The number of benzene rings is 1. The first-order valence-corrected chi connectivity index (χ1v) is 10.8. The van der Waals surface area contributed by atoms with Crippen molar-refractivity contribution in [2.24, 2.45) is 4.99 Å². The molecule has 0 aliphatic carbocycles. The van der Waals surface area contributed by atoms with Crippen LogP contribution in [0.5, 0.6) is 0 Å². The predicted molar refractivity (Wildman–Crippen MR) is 116 cm³/mol. The van der Waals surface area contributed by atoms with Crippen LogP contribution >= 0.6 is 11.8 Å². The molecule has 1 unspecified atom stereocenters. The molecular formula is C22H27N3O3S. The molecule has 2 aliphatic heterocycles. The molecule has 29 heavy (non-hydrogen) atoms. The fourth-order valence-corrected chi connectivity index (χ4v) is 4.60. The summed E-state index contributed by atoms with van der Waals surface area (Å²) < 4.78 is 5.35. The van der Waals surface area contributed by atoms with Crippen LogP contribution in [0.15, 0.2) is 57.7 Å². The Morgan fingerprint density at radius 2 is 1.86 bits per heavy atom. The number of rotatable bonds is 7. The average molecular weight is 414 g/mol. The zero-order valence-corrected chi connectivity index (χ0v) is 18.2. The molecule has 0 spiro atoms. The van der Waals surface area contributed by atoms with Gasteiger partial charge in [-0.15, -0.1) is 0 Å². The Morgan fingerprint density at radius 3 is 2.48 bits per heavy atom. The summed E-state index contributed by atoms with van der Waals surface area (Å²) in [6, 6.07) is 9.47. The third kappa shape index (κ3) is 4.24. The number of hydrogen-bond donors (Lipinski definition) is 0. The molecule has 1 aromatic rings. The molecule has 1 aromatic carbocycles. The number of hydrogen-bond acceptors (Lipinski definition) is 6. The number of ether oxygens (including phenoxy) is 1. The summed E-state index contributed by atoms with van der Waals surface area (Å²) in [5, 5.41) is 2.75. The highest BCUT2D eigenvalue weighted by Crippen LogP contribution is 2.44. The molecule has 7 heteroatoms. The number of fused-ring (bicyclic) bond motifs is 1. The van der Waals surface area contributed by atoms with Crippen molar-refractivity contribution in [3.8, 4) is 0 Å². The molecule has 154 valence electrons. The first kappa shape index (κ1) is 21.2. The van der Waals surface area contributed by atoms with Gasteiger partial charge < -0.3 is 14.5 Å². The van der Waals surface area contributed by atoms with Crippen molar-refractivity contribution in [2.45, 2.75) is 40.2 Å². The third-order valence-electron chi connectivity index (χ3n) is 5.06. The van der Waals surface area contributed by atoms with Gasteiger partial charge in [0.2, 0.25) is 5.91 Å². The lowest BCUT2D eigenvalue weighted by Crippen LogP contribution is -2.38. The molecule has 1 atom stereocenters. The van der Waals surface area contributed by atoms with Crippen LogP contribution in [0.4, 0.5) is 0 Å². The van der Waals surface area contributed by atoms with Crippen LogP contribution in [0.25, 0.3) is 0 Å². The van der Waals surface area contributed by atoms with Gasteiger partial charge in [0.1, 0.15) is 0 Å². The maximum absolute atomic E-state index is 12.8. The second-order valence-corrected chi connectivity index (χ2v) is 7.60. The molecule has 0 saturated heterocycles. The minimum absolute atomic E-state index is 0.0684. The Kier molecular flexibility index (Phi) is 6.79. The lowest BCUT2D eigenvalue weighted by Gasteiger charge is -2.36. The molecule has 0 N–H and O–H groups in total. The van der Waals surface area contributed by atoms with Crippen LogP contribution in [0.2, 0.25) is 0 Å². The zero-order chi connectivity index (χ0) is 21.0. The molecular weight excluding hydrogens is 386 g/mol. The molecule has 0 radical (unpaired) electrons. The maximum Gasteiger partial charge on any atom is 0.338 e. The van der Waals surface area contributed by atoms with Gasteiger partial charge >= 0.3 is 5.97 Å². The molecule has 0 bridgehead atoms. The fourth-order valence-electron chi connectivity index (χ4n) is 3.63. The van der Waals surface area contributed by atoms with Crippen molar-refractivity contribution in [3.63, 3.8) is 0 Å². The van der Waals surface area contributed by atoms with E-state index in [9.17, 15) is 9.59 Å². The van der Waals surface area contributed by atoms with Gasteiger partial charge in [-0.2, -0.15) is 0 Å². The van der Waals surface area contributed by atoms with Gasteiger partial charge in [-0.05, 0) is 38.7 Å². The zero-order valence-electron chi connectivity index (χ0n) is 17.3. The highest BCUT2D eigenvalue weighted by atomic mass is 32.2. The molecule has 0 fully saturated rings. The van der Waals surface area contributed by atoms with E-state index in [4.69, 9.17) is 4.74 Å². The van der Waals surface area contributed by atoms with Crippen molar-refractivity contribution in [3.05, 3.63) is 58.3 Å². The van der Waals surface area contributed by atoms with Gasteiger partial charge in [0, 0.05) is 18.8 Å². The van der Waals surface area contributed by atoms with E-state index < -0.39 is 0 Å². The Bertz CT molecular complexity index is 873. The SMILES string of the molecule is CCOC(=O)C1=C(C)N=C2SC=C(CC(=O)N(CC)CC)N2C1c1ccccc1. The van der Waals surface area contributed by atoms with Gasteiger partial charge in [-0.3, -0.25) is 4.79 Å². The minimum Gasteiger partial charge on any atom is -0.463 e. The molecule has 0 aromatic heterocycles. The first-order chi connectivity index (χ1) is 14.0. The predicted octanol–water partition coefficient (Wildman–Crippen LogP) is 4.08. The third-order valence-corrected chi connectivity index (χ3v) is 5.95. The second-order valence-electron chi connectivity index (χ2n) is 6.77. The van der Waals surface area contributed by atoms with Crippen molar-refractivity contribution in [1.29, 1.82) is 0 Å². The average Bonchev–Trinajstić information content (AvgIpc) is 3.10. The smallest absolute Gasteiger partial charge is 0.338 e. The van der Waals surface area contributed by atoms with Gasteiger partial charge in [-0.25, -0.2) is 9.79 Å². The molecule has 2 aliphatic rings. The summed E-state index contributed by atoms with van der Waals surface area (Å²) in [6.45, 7) is 9.23. The number of nitrogens with zero attached hydrogens (tertiary/aromatic N) is 3. The normalized spacial score (nSPS) is 18.2. The topological polar surface area (TPSA) is 62.2 Å². The summed E-state index contributed by atoms with van der Waals surface area (Å²) in [4.78, 5) is 34.1. The largest absolute Gasteiger partial charge is 0.463 e. The van der Waals surface area contributed by atoms with Crippen LogP contribution in [-0.2, 0) is 14.3 Å². The minimum atomic E-state index is -0.368. The van der Waals surface area contributed by atoms with Crippen molar-refractivity contribution >= 4 is 28.8 Å². The monoisotopic (exact) mass is 413 g/mol. The van der Waals surface area contributed by atoms with Gasteiger partial charge in [0.25, 0.3) is 0 Å². The number of amides is 1. The Labute approximate surface area is 176 Å². The summed E-state index contributed by atoms with van der Waals surface area (Å²) in [5.74, 6) is -0.299. The van der Waals surface area contributed by atoms with E-state index in [1.165, 1.54) is 11.8 Å². The van der Waals surface area contributed by atoms with E-state index in [1.807, 2.05) is 66.3 Å². The number of carbonyl (C=O) groups is 2. The molecule has 1 amide bonds. The number of allylic oxidation sites excluding steroid dienone is 1. The fraction of sp³-hybridized carbons (Fsp3) is 0.409. The number of esters is 1. The van der Waals surface area contributed by atoms with Crippen LogP contribution < -0.4 is 0 Å². The highest BCUT2D eigenvalue weighted by Gasteiger charge is 2.41. The first-order valence-electron chi connectivity index (χ1n) is 9.95. The molecule has 3 rings (SSSR count). The van der Waals surface area contributed by atoms with E-state index in [0.29, 0.717) is 31.0 Å². The van der Waals surface area contributed by atoms with E-state index in [2.05, 4.69) is 4.99 Å². The van der Waals surface area contributed by atoms with Crippen molar-refractivity contribution in [2.75, 3.05) is 19.7 Å². The molecule has 2 heterocycles. The van der Waals surface area contributed by atoms with Gasteiger partial charge in [0.15, 0.2) is 5.17 Å². The van der Waals surface area contributed by atoms with Crippen LogP contribution in [0, 0.1) is 0 Å². The Hall–Kier alpha value is -2.54. The van der Waals surface area contributed by atoms with Gasteiger partial charge in [0.05, 0.1) is 30.3 Å². The lowest BCUT2D eigenvalue weighted by atomic mass is 9.94. The van der Waals surface area contributed by atoms with Crippen LogP contribution in [-0.4, -0.2) is 46.5 Å². The Balaban J connectivity index is 2.01. The molecule has 0 saturated carbocycles. The van der Waals surface area contributed by atoms with E-state index in [-0.39, 0.29) is 24.3 Å². The second kappa shape index (κ2) is 9.31. The number of aliphatic imine (C=N–C) groups is 1. The number of carbonyl (C=O) groups excluding carboxylic acids is 2. The summed E-state index contributed by atoms with van der Waals surface area (Å²) in [7, 11) is 0. The number of thioether (sulfide) groups is 1. The quantitative estimate of drug-likeness (QED) is 0.630.